The van der Waals surface area contributed by atoms with Crippen LogP contribution in [0.5, 0.6) is 5.75 Å². The van der Waals surface area contributed by atoms with Crippen molar-refractivity contribution in [2.45, 2.75) is 6.42 Å². The summed E-state index contributed by atoms with van der Waals surface area (Å²) >= 11 is 3.35. The molecule has 0 radical (unpaired) electrons. The van der Waals surface area contributed by atoms with Crippen LogP contribution in [0, 0.1) is 5.82 Å². The monoisotopic (exact) mass is 380 g/mol. The molecule has 0 aliphatic heterocycles. The molecular formula is C17H18BrFN2O2. The number of benzene rings is 2. The van der Waals surface area contributed by atoms with Gasteiger partial charge >= 0.3 is 6.03 Å². The van der Waals surface area contributed by atoms with Crippen molar-refractivity contribution < 1.29 is 13.9 Å². The van der Waals surface area contributed by atoms with E-state index in [9.17, 15) is 9.18 Å². The Morgan fingerprint density at radius 1 is 1.00 bits per heavy atom. The molecule has 23 heavy (non-hydrogen) atoms. The Hall–Kier alpha value is -2.08. The molecular weight excluding hydrogens is 363 g/mol. The first-order valence-corrected chi connectivity index (χ1v) is 8.07. The molecule has 2 rings (SSSR count). The number of carbonyl (C=O) groups excluding carboxylic acids is 1. The highest BCUT2D eigenvalue weighted by Gasteiger charge is 2.00. The highest BCUT2D eigenvalue weighted by atomic mass is 79.9. The van der Waals surface area contributed by atoms with E-state index in [2.05, 4.69) is 26.6 Å². The standard InChI is InChI=1S/C17H18BrFN2O2/c18-14-3-7-16(8-4-14)23-12-11-21-17(22)20-10-9-13-1-5-15(19)6-2-13/h1-8H,9-12H2,(H2,20,21,22). The average Bonchev–Trinajstić information content (AvgIpc) is 2.55. The van der Waals surface area contributed by atoms with Gasteiger partial charge in [-0.2, -0.15) is 0 Å². The Labute approximate surface area is 143 Å². The summed E-state index contributed by atoms with van der Waals surface area (Å²) in [6, 6.07) is 13.5. The smallest absolute Gasteiger partial charge is 0.314 e. The number of hydrogen-bond donors (Lipinski definition) is 2. The number of rotatable bonds is 7. The molecule has 2 N–H and O–H groups in total. The van der Waals surface area contributed by atoms with E-state index in [1.807, 2.05) is 24.3 Å². The minimum Gasteiger partial charge on any atom is -0.492 e. The van der Waals surface area contributed by atoms with Crippen LogP contribution in [0.25, 0.3) is 0 Å². The van der Waals surface area contributed by atoms with E-state index in [4.69, 9.17) is 4.74 Å². The zero-order valence-electron chi connectivity index (χ0n) is 12.5. The van der Waals surface area contributed by atoms with E-state index in [1.165, 1.54) is 12.1 Å². The fourth-order valence-corrected chi connectivity index (χ4v) is 2.16. The van der Waals surface area contributed by atoms with Gasteiger partial charge in [0.15, 0.2) is 0 Å². The van der Waals surface area contributed by atoms with Crippen LogP contribution in [0.1, 0.15) is 5.56 Å². The number of amides is 2. The van der Waals surface area contributed by atoms with Crippen molar-refractivity contribution in [1.82, 2.24) is 10.6 Å². The lowest BCUT2D eigenvalue weighted by Gasteiger charge is -2.09. The first-order chi connectivity index (χ1) is 11.1. The predicted molar refractivity (Wildman–Crippen MR) is 91.1 cm³/mol. The summed E-state index contributed by atoms with van der Waals surface area (Å²) in [7, 11) is 0. The Bertz CT molecular complexity index is 617. The van der Waals surface area contributed by atoms with Crippen molar-refractivity contribution in [2.24, 2.45) is 0 Å². The van der Waals surface area contributed by atoms with Crippen LogP contribution in [0.2, 0.25) is 0 Å². The number of nitrogens with one attached hydrogen (secondary N) is 2. The van der Waals surface area contributed by atoms with Gasteiger partial charge in [-0.1, -0.05) is 28.1 Å². The van der Waals surface area contributed by atoms with Gasteiger partial charge in [-0.3, -0.25) is 0 Å². The SMILES string of the molecule is O=C(NCCOc1ccc(Br)cc1)NCCc1ccc(F)cc1. The first kappa shape index (κ1) is 17.3. The molecule has 2 aromatic rings. The van der Waals surface area contributed by atoms with Crippen LogP contribution < -0.4 is 15.4 Å². The van der Waals surface area contributed by atoms with Gasteiger partial charge in [0.1, 0.15) is 18.2 Å². The van der Waals surface area contributed by atoms with E-state index in [0.717, 1.165) is 15.8 Å². The molecule has 2 aromatic carbocycles. The Balaban J connectivity index is 1.56. The fourth-order valence-electron chi connectivity index (χ4n) is 1.90. The van der Waals surface area contributed by atoms with Crippen molar-refractivity contribution in [3.63, 3.8) is 0 Å². The zero-order valence-corrected chi connectivity index (χ0v) is 14.1. The average molecular weight is 381 g/mol. The minimum atomic E-state index is -0.259. The van der Waals surface area contributed by atoms with Gasteiger partial charge in [0, 0.05) is 11.0 Å². The minimum absolute atomic E-state index is 0.244. The van der Waals surface area contributed by atoms with Crippen LogP contribution in [0.15, 0.2) is 53.0 Å². The Morgan fingerprint density at radius 2 is 1.65 bits per heavy atom. The van der Waals surface area contributed by atoms with Crippen LogP contribution in [0.3, 0.4) is 0 Å². The zero-order chi connectivity index (χ0) is 16.5. The molecule has 6 heteroatoms. The summed E-state index contributed by atoms with van der Waals surface area (Å²) in [6.07, 6.45) is 0.656. The van der Waals surface area contributed by atoms with Crippen molar-refractivity contribution in [3.05, 3.63) is 64.4 Å². The van der Waals surface area contributed by atoms with Crippen LogP contribution in [-0.2, 0) is 6.42 Å². The van der Waals surface area contributed by atoms with E-state index in [-0.39, 0.29) is 11.8 Å². The molecule has 2 amide bonds. The Kier molecular flexibility index (Phi) is 6.87. The number of halogens is 2. The van der Waals surface area contributed by atoms with Gasteiger partial charge in [-0.25, -0.2) is 9.18 Å². The molecule has 0 unspecified atom stereocenters. The summed E-state index contributed by atoms with van der Waals surface area (Å²) in [6.45, 7) is 1.30. The van der Waals surface area contributed by atoms with Crippen molar-refractivity contribution in [3.8, 4) is 5.75 Å². The van der Waals surface area contributed by atoms with Gasteiger partial charge in [-0.05, 0) is 48.4 Å². The molecule has 122 valence electrons. The maximum Gasteiger partial charge on any atom is 0.314 e. The third-order valence-corrected chi connectivity index (χ3v) is 3.61. The molecule has 0 spiro atoms. The quantitative estimate of drug-likeness (QED) is 0.722. The van der Waals surface area contributed by atoms with Gasteiger partial charge in [0.05, 0.1) is 6.54 Å². The second kappa shape index (κ2) is 9.15. The summed E-state index contributed by atoms with van der Waals surface area (Å²) < 4.78 is 19.2. The van der Waals surface area contributed by atoms with Gasteiger partial charge < -0.3 is 15.4 Å². The van der Waals surface area contributed by atoms with E-state index in [1.54, 1.807) is 12.1 Å². The molecule has 0 bridgehead atoms. The summed E-state index contributed by atoms with van der Waals surface area (Å²) in [4.78, 5) is 11.6. The molecule has 4 nitrogen and oxygen atoms in total. The second-order valence-corrected chi connectivity index (χ2v) is 5.78. The summed E-state index contributed by atoms with van der Waals surface area (Å²) in [5.74, 6) is 0.497. The number of carbonyl (C=O) groups is 1. The normalized spacial score (nSPS) is 10.2. The lowest BCUT2D eigenvalue weighted by atomic mass is 10.1. The molecule has 0 saturated heterocycles. The van der Waals surface area contributed by atoms with E-state index in [0.29, 0.717) is 26.1 Å². The van der Waals surface area contributed by atoms with Gasteiger partial charge in [-0.15, -0.1) is 0 Å². The fraction of sp³-hybridized carbons (Fsp3) is 0.235. The summed E-state index contributed by atoms with van der Waals surface area (Å²) in [5, 5.41) is 5.46. The van der Waals surface area contributed by atoms with Crippen LogP contribution in [-0.4, -0.2) is 25.7 Å². The highest BCUT2D eigenvalue weighted by molar-refractivity contribution is 9.10. The topological polar surface area (TPSA) is 50.4 Å². The predicted octanol–water partition coefficient (Wildman–Crippen LogP) is 3.51. The molecule has 0 aromatic heterocycles. The second-order valence-electron chi connectivity index (χ2n) is 4.86. The van der Waals surface area contributed by atoms with Gasteiger partial charge in [0.2, 0.25) is 0 Å². The molecule has 0 saturated carbocycles. The molecule has 0 aliphatic carbocycles. The molecule has 0 atom stereocenters. The molecule has 0 fully saturated rings. The maximum absolute atomic E-state index is 12.8. The first-order valence-electron chi connectivity index (χ1n) is 7.28. The van der Waals surface area contributed by atoms with E-state index >= 15 is 0 Å². The van der Waals surface area contributed by atoms with Crippen LogP contribution in [0.4, 0.5) is 9.18 Å². The maximum atomic E-state index is 12.8. The van der Waals surface area contributed by atoms with E-state index < -0.39 is 0 Å². The van der Waals surface area contributed by atoms with Crippen molar-refractivity contribution in [2.75, 3.05) is 19.7 Å². The largest absolute Gasteiger partial charge is 0.492 e. The van der Waals surface area contributed by atoms with Gasteiger partial charge in [0.25, 0.3) is 0 Å². The molecule has 0 heterocycles. The Morgan fingerprint density at radius 3 is 2.35 bits per heavy atom. The lowest BCUT2D eigenvalue weighted by Crippen LogP contribution is -2.38. The lowest BCUT2D eigenvalue weighted by molar-refractivity contribution is 0.236. The third kappa shape index (κ3) is 6.69. The van der Waals surface area contributed by atoms with Crippen molar-refractivity contribution >= 4 is 22.0 Å². The number of ether oxygens (including phenoxy) is 1. The van der Waals surface area contributed by atoms with Crippen LogP contribution >= 0.6 is 15.9 Å². The third-order valence-electron chi connectivity index (χ3n) is 3.08. The highest BCUT2D eigenvalue weighted by Crippen LogP contribution is 2.15. The molecule has 0 aliphatic rings. The number of hydrogen-bond acceptors (Lipinski definition) is 2. The summed E-state index contributed by atoms with van der Waals surface area (Å²) in [5.41, 5.74) is 0.977. The van der Waals surface area contributed by atoms with Crippen molar-refractivity contribution in [1.29, 1.82) is 0 Å². The number of urea groups is 1.